The van der Waals surface area contributed by atoms with Crippen LogP contribution < -0.4 is 14.2 Å². The van der Waals surface area contributed by atoms with Crippen LogP contribution in [0.4, 0.5) is 10.5 Å². The second kappa shape index (κ2) is 10.7. The molecule has 0 spiro atoms. The molecule has 0 saturated carbocycles. The van der Waals surface area contributed by atoms with E-state index in [2.05, 4.69) is 5.32 Å². The number of para-hydroxylation sites is 2. The van der Waals surface area contributed by atoms with E-state index in [0.29, 0.717) is 31.1 Å². The molecule has 0 aliphatic carbocycles. The van der Waals surface area contributed by atoms with Crippen LogP contribution >= 0.6 is 0 Å². The summed E-state index contributed by atoms with van der Waals surface area (Å²) in [5, 5.41) is 2.94. The molecule has 0 saturated heterocycles. The molecule has 3 rings (SSSR count). The molecule has 0 aliphatic heterocycles. The Morgan fingerprint density at radius 1 is 0.875 bits per heavy atom. The Morgan fingerprint density at radius 3 is 2.09 bits per heavy atom. The van der Waals surface area contributed by atoms with Gasteiger partial charge in [0.2, 0.25) is 0 Å². The van der Waals surface area contributed by atoms with E-state index < -0.39 is 10.1 Å². The Bertz CT molecular complexity index is 1130. The third-order valence-corrected chi connectivity index (χ3v) is 4.97. The molecule has 8 heteroatoms. The van der Waals surface area contributed by atoms with Gasteiger partial charge in [0.1, 0.15) is 11.5 Å². The molecule has 0 atom stereocenters. The smallest absolute Gasteiger partial charge is 0.322 e. The highest BCUT2D eigenvalue weighted by molar-refractivity contribution is 7.86. The summed E-state index contributed by atoms with van der Waals surface area (Å²) in [4.78, 5) is 14.9. The maximum absolute atomic E-state index is 13.2. The van der Waals surface area contributed by atoms with Crippen molar-refractivity contribution in [1.29, 1.82) is 0 Å². The van der Waals surface area contributed by atoms with Crippen molar-refractivity contribution in [2.75, 3.05) is 18.2 Å². The van der Waals surface area contributed by atoms with Crippen molar-refractivity contribution < 1.29 is 22.1 Å². The average Bonchev–Trinajstić information content (AvgIpc) is 2.76. The van der Waals surface area contributed by atoms with Gasteiger partial charge in [0.25, 0.3) is 0 Å². The molecule has 168 valence electrons. The highest BCUT2D eigenvalue weighted by Gasteiger charge is 2.17. The fourth-order valence-corrected chi connectivity index (χ4v) is 3.56. The lowest BCUT2D eigenvalue weighted by atomic mass is 10.1. The highest BCUT2D eigenvalue weighted by Crippen LogP contribution is 2.25. The summed E-state index contributed by atoms with van der Waals surface area (Å²) in [7, 11) is -3.60. The molecule has 3 aromatic rings. The fraction of sp³-hybridized carbons (Fsp3) is 0.208. The Balaban J connectivity index is 1.80. The van der Waals surface area contributed by atoms with Crippen molar-refractivity contribution >= 4 is 21.8 Å². The van der Waals surface area contributed by atoms with E-state index in [0.717, 1.165) is 17.4 Å². The predicted molar refractivity (Wildman–Crippen MR) is 124 cm³/mol. The molecule has 0 heterocycles. The van der Waals surface area contributed by atoms with Gasteiger partial charge in [0.15, 0.2) is 0 Å². The lowest BCUT2D eigenvalue weighted by molar-refractivity contribution is 0.206. The summed E-state index contributed by atoms with van der Waals surface area (Å²) < 4.78 is 33.1. The first-order valence-corrected chi connectivity index (χ1v) is 12.0. The molecule has 1 N–H and O–H groups in total. The predicted octanol–water partition coefficient (Wildman–Crippen LogP) is 4.66. The quantitative estimate of drug-likeness (QED) is 0.476. The molecular weight excluding hydrogens is 428 g/mol. The van der Waals surface area contributed by atoms with Crippen LogP contribution in [0.5, 0.6) is 11.5 Å². The number of rotatable bonds is 9. The van der Waals surface area contributed by atoms with Crippen molar-refractivity contribution in [3.63, 3.8) is 0 Å². The van der Waals surface area contributed by atoms with Gasteiger partial charge in [-0.1, -0.05) is 54.6 Å². The summed E-state index contributed by atoms with van der Waals surface area (Å²) in [6.07, 6.45) is 0.993. The fourth-order valence-electron chi connectivity index (χ4n) is 3.09. The number of nitrogens with zero attached hydrogens (tertiary/aromatic N) is 1. The molecule has 0 unspecified atom stereocenters. The number of anilines is 1. The van der Waals surface area contributed by atoms with Gasteiger partial charge in [-0.3, -0.25) is 0 Å². The minimum atomic E-state index is -3.60. The van der Waals surface area contributed by atoms with Crippen LogP contribution in [0.15, 0.2) is 78.9 Å². The topological polar surface area (TPSA) is 84.9 Å². The number of ether oxygens (including phenoxy) is 1. The van der Waals surface area contributed by atoms with Crippen LogP contribution in [0.2, 0.25) is 0 Å². The first kappa shape index (κ1) is 23.1. The minimum absolute atomic E-state index is 0.223. The van der Waals surface area contributed by atoms with E-state index in [-0.39, 0.29) is 11.8 Å². The van der Waals surface area contributed by atoms with E-state index in [1.165, 1.54) is 0 Å². The molecule has 7 nitrogen and oxygen atoms in total. The summed E-state index contributed by atoms with van der Waals surface area (Å²) in [6.45, 7) is 3.09. The van der Waals surface area contributed by atoms with Gasteiger partial charge in [0, 0.05) is 13.1 Å². The summed E-state index contributed by atoms with van der Waals surface area (Å²) in [5.74, 6) is 0.825. The van der Waals surface area contributed by atoms with Gasteiger partial charge in [0.05, 0.1) is 18.6 Å². The third-order valence-electron chi connectivity index (χ3n) is 4.48. The zero-order valence-electron chi connectivity index (χ0n) is 18.0. The standard InChI is InChI=1S/C24H26N2O5S/c1-3-30-23-12-8-7-11-22(23)25-24(27)26(17-19-9-5-4-6-10-19)18-20-13-15-21(16-14-20)31-32(2,28)29/h4-16H,3,17-18H2,1-2H3,(H,25,27). The number of nitrogens with one attached hydrogen (secondary N) is 1. The molecular formula is C24H26N2O5S. The zero-order valence-corrected chi connectivity index (χ0v) is 18.8. The van der Waals surface area contributed by atoms with Crippen molar-refractivity contribution in [1.82, 2.24) is 4.90 Å². The van der Waals surface area contributed by atoms with E-state index >= 15 is 0 Å². The van der Waals surface area contributed by atoms with Crippen LogP contribution in [0, 0.1) is 0 Å². The molecule has 0 aromatic heterocycles. The Morgan fingerprint density at radius 2 is 1.47 bits per heavy atom. The zero-order chi connectivity index (χ0) is 23.0. The number of carbonyl (C=O) groups excluding carboxylic acids is 1. The van der Waals surface area contributed by atoms with Crippen molar-refractivity contribution in [3.05, 3.63) is 90.0 Å². The van der Waals surface area contributed by atoms with Crippen molar-refractivity contribution in [2.45, 2.75) is 20.0 Å². The van der Waals surface area contributed by atoms with E-state index in [1.54, 1.807) is 41.3 Å². The van der Waals surface area contributed by atoms with E-state index in [4.69, 9.17) is 8.92 Å². The van der Waals surface area contributed by atoms with Gasteiger partial charge in [-0.25, -0.2) is 4.79 Å². The Hall–Kier alpha value is -3.52. The Labute approximate surface area is 188 Å². The van der Waals surface area contributed by atoms with Crippen LogP contribution in [0.1, 0.15) is 18.1 Å². The summed E-state index contributed by atoms with van der Waals surface area (Å²) >= 11 is 0. The molecule has 32 heavy (non-hydrogen) atoms. The Kier molecular flexibility index (Phi) is 7.72. The maximum atomic E-state index is 13.2. The third kappa shape index (κ3) is 7.02. The van der Waals surface area contributed by atoms with Gasteiger partial charge in [-0.05, 0) is 42.3 Å². The lowest BCUT2D eigenvalue weighted by Crippen LogP contribution is -2.34. The van der Waals surface area contributed by atoms with Gasteiger partial charge >= 0.3 is 16.1 Å². The molecule has 3 aromatic carbocycles. The first-order chi connectivity index (χ1) is 15.3. The summed E-state index contributed by atoms with van der Waals surface area (Å²) in [6, 6.07) is 23.3. The second-order valence-electron chi connectivity index (χ2n) is 7.13. The van der Waals surface area contributed by atoms with Crippen molar-refractivity contribution in [3.8, 4) is 11.5 Å². The number of hydrogen-bond acceptors (Lipinski definition) is 5. The molecule has 2 amide bonds. The molecule has 0 radical (unpaired) electrons. The monoisotopic (exact) mass is 454 g/mol. The van der Waals surface area contributed by atoms with Crippen LogP contribution in [-0.4, -0.2) is 32.2 Å². The SMILES string of the molecule is CCOc1ccccc1NC(=O)N(Cc1ccccc1)Cc1ccc(OS(C)(=O)=O)cc1. The van der Waals surface area contributed by atoms with Gasteiger partial charge in [-0.15, -0.1) is 0 Å². The summed E-state index contributed by atoms with van der Waals surface area (Å²) in [5.41, 5.74) is 2.40. The van der Waals surface area contributed by atoms with E-state index in [9.17, 15) is 13.2 Å². The van der Waals surface area contributed by atoms with Gasteiger partial charge < -0.3 is 19.1 Å². The number of urea groups is 1. The average molecular weight is 455 g/mol. The first-order valence-electron chi connectivity index (χ1n) is 10.1. The maximum Gasteiger partial charge on any atom is 0.322 e. The van der Waals surface area contributed by atoms with Crippen LogP contribution in [-0.2, 0) is 23.2 Å². The van der Waals surface area contributed by atoms with Gasteiger partial charge in [-0.2, -0.15) is 8.42 Å². The molecule has 0 fully saturated rings. The largest absolute Gasteiger partial charge is 0.492 e. The number of carbonyl (C=O) groups is 1. The normalized spacial score (nSPS) is 10.9. The second-order valence-corrected chi connectivity index (χ2v) is 8.71. The molecule has 0 bridgehead atoms. The minimum Gasteiger partial charge on any atom is -0.492 e. The lowest BCUT2D eigenvalue weighted by Gasteiger charge is -2.24. The van der Waals surface area contributed by atoms with E-state index in [1.807, 2.05) is 49.4 Å². The number of benzene rings is 3. The molecule has 0 aliphatic rings. The van der Waals surface area contributed by atoms with Crippen molar-refractivity contribution in [2.24, 2.45) is 0 Å². The van der Waals surface area contributed by atoms with Crippen LogP contribution in [0.25, 0.3) is 0 Å². The number of amides is 2. The van der Waals surface area contributed by atoms with Crippen LogP contribution in [0.3, 0.4) is 0 Å². The highest BCUT2D eigenvalue weighted by atomic mass is 32.2. The number of hydrogen-bond donors (Lipinski definition) is 1.